The van der Waals surface area contributed by atoms with Crippen molar-refractivity contribution < 1.29 is 19.4 Å². The standard InChI is InChI=1S/C10H10N2O4S/c1-16-7(13)4-3-6-5-11-10(17-2)12-8(6)9(14)15/h3-5H,1-2H3,(H,14,15). The molecule has 1 rings (SSSR count). The Balaban J connectivity index is 3.11. The van der Waals surface area contributed by atoms with Crippen LogP contribution in [0.25, 0.3) is 6.08 Å². The van der Waals surface area contributed by atoms with Crippen LogP contribution in [0.2, 0.25) is 0 Å². The van der Waals surface area contributed by atoms with E-state index in [4.69, 9.17) is 5.11 Å². The maximum Gasteiger partial charge on any atom is 0.355 e. The van der Waals surface area contributed by atoms with Crippen molar-refractivity contribution in [3.63, 3.8) is 0 Å². The molecule has 1 aromatic heterocycles. The van der Waals surface area contributed by atoms with Gasteiger partial charge in [0.2, 0.25) is 0 Å². The van der Waals surface area contributed by atoms with E-state index in [1.807, 2.05) is 0 Å². The number of methoxy groups -OCH3 is 1. The molecule has 0 aliphatic carbocycles. The fourth-order valence-electron chi connectivity index (χ4n) is 0.992. The van der Waals surface area contributed by atoms with Gasteiger partial charge in [-0.1, -0.05) is 11.8 Å². The van der Waals surface area contributed by atoms with Gasteiger partial charge in [0.15, 0.2) is 10.9 Å². The van der Waals surface area contributed by atoms with Crippen LogP contribution in [0, 0.1) is 0 Å². The van der Waals surface area contributed by atoms with Crippen LogP contribution >= 0.6 is 11.8 Å². The van der Waals surface area contributed by atoms with Crippen LogP contribution in [0.4, 0.5) is 0 Å². The van der Waals surface area contributed by atoms with Crippen molar-refractivity contribution in [3.8, 4) is 0 Å². The van der Waals surface area contributed by atoms with Crippen LogP contribution < -0.4 is 0 Å². The molecule has 0 unspecified atom stereocenters. The van der Waals surface area contributed by atoms with E-state index >= 15 is 0 Å². The minimum absolute atomic E-state index is 0.149. The van der Waals surface area contributed by atoms with E-state index in [9.17, 15) is 9.59 Å². The van der Waals surface area contributed by atoms with Gasteiger partial charge in [-0.2, -0.15) is 0 Å². The molecule has 0 amide bonds. The topological polar surface area (TPSA) is 89.4 Å². The molecule has 0 aliphatic heterocycles. The van der Waals surface area contributed by atoms with Crippen molar-refractivity contribution in [1.82, 2.24) is 9.97 Å². The molecule has 1 heterocycles. The van der Waals surface area contributed by atoms with Crippen molar-refractivity contribution in [1.29, 1.82) is 0 Å². The summed E-state index contributed by atoms with van der Waals surface area (Å²) in [5, 5.41) is 9.32. The predicted molar refractivity (Wildman–Crippen MR) is 61.8 cm³/mol. The number of esters is 1. The van der Waals surface area contributed by atoms with Crippen LogP contribution in [0.3, 0.4) is 0 Å². The van der Waals surface area contributed by atoms with Gasteiger partial charge in [0.05, 0.1) is 7.11 Å². The Morgan fingerprint density at radius 1 is 1.53 bits per heavy atom. The molecule has 0 atom stereocenters. The number of aromatic nitrogens is 2. The van der Waals surface area contributed by atoms with Crippen molar-refractivity contribution in [2.75, 3.05) is 13.4 Å². The number of carbonyl (C=O) groups excluding carboxylic acids is 1. The van der Waals surface area contributed by atoms with Crippen LogP contribution in [0.15, 0.2) is 17.4 Å². The molecule has 0 bridgehead atoms. The molecular weight excluding hydrogens is 244 g/mol. The Hall–Kier alpha value is -1.89. The van der Waals surface area contributed by atoms with Gasteiger partial charge in [-0.3, -0.25) is 0 Å². The highest BCUT2D eigenvalue weighted by Crippen LogP contribution is 2.13. The monoisotopic (exact) mass is 254 g/mol. The second kappa shape index (κ2) is 6.00. The first kappa shape index (κ1) is 13.2. The molecule has 7 heteroatoms. The molecule has 0 aromatic carbocycles. The lowest BCUT2D eigenvalue weighted by atomic mass is 10.2. The van der Waals surface area contributed by atoms with E-state index < -0.39 is 11.9 Å². The van der Waals surface area contributed by atoms with Crippen molar-refractivity contribution in [2.24, 2.45) is 0 Å². The van der Waals surface area contributed by atoms with E-state index in [1.165, 1.54) is 31.1 Å². The average molecular weight is 254 g/mol. The Morgan fingerprint density at radius 3 is 2.76 bits per heavy atom. The molecule has 0 saturated carbocycles. The fraction of sp³-hybridized carbons (Fsp3) is 0.200. The number of hydrogen-bond acceptors (Lipinski definition) is 6. The number of ether oxygens (including phenoxy) is 1. The smallest absolute Gasteiger partial charge is 0.355 e. The summed E-state index contributed by atoms with van der Waals surface area (Å²) in [5.74, 6) is -1.75. The van der Waals surface area contributed by atoms with Crippen molar-refractivity contribution in [3.05, 3.63) is 23.5 Å². The summed E-state index contributed by atoms with van der Waals surface area (Å²) in [6, 6.07) is 0. The molecule has 0 radical (unpaired) electrons. The fourth-order valence-corrected chi connectivity index (χ4v) is 1.33. The number of aromatic carboxylic acids is 1. The lowest BCUT2D eigenvalue weighted by molar-refractivity contribution is -0.134. The van der Waals surface area contributed by atoms with Gasteiger partial charge in [-0.15, -0.1) is 0 Å². The van der Waals surface area contributed by atoms with E-state index in [1.54, 1.807) is 6.26 Å². The quantitative estimate of drug-likeness (QED) is 0.372. The van der Waals surface area contributed by atoms with Crippen LogP contribution in [-0.2, 0) is 9.53 Å². The summed E-state index contributed by atoms with van der Waals surface area (Å²) >= 11 is 1.24. The van der Waals surface area contributed by atoms with Gasteiger partial charge in [-0.05, 0) is 12.3 Å². The zero-order valence-corrected chi connectivity index (χ0v) is 10.0. The lowest BCUT2D eigenvalue weighted by Crippen LogP contribution is -2.06. The number of carboxylic acids is 1. The first-order chi connectivity index (χ1) is 8.08. The Kier molecular flexibility index (Phi) is 4.65. The molecule has 0 aliphatic rings. The van der Waals surface area contributed by atoms with Gasteiger partial charge < -0.3 is 9.84 Å². The number of thioether (sulfide) groups is 1. The van der Waals surface area contributed by atoms with Gasteiger partial charge in [0.25, 0.3) is 0 Å². The van der Waals surface area contributed by atoms with Gasteiger partial charge >= 0.3 is 11.9 Å². The highest BCUT2D eigenvalue weighted by Gasteiger charge is 2.12. The summed E-state index contributed by atoms with van der Waals surface area (Å²) in [4.78, 5) is 29.6. The Bertz CT molecular complexity index is 473. The number of hydrogen-bond donors (Lipinski definition) is 1. The average Bonchev–Trinajstić information content (AvgIpc) is 2.35. The van der Waals surface area contributed by atoms with Gasteiger partial charge in [0, 0.05) is 17.8 Å². The SMILES string of the molecule is COC(=O)C=Cc1cnc(SC)nc1C(=O)O. The van der Waals surface area contributed by atoms with E-state index in [0.29, 0.717) is 5.16 Å². The molecule has 1 N–H and O–H groups in total. The largest absolute Gasteiger partial charge is 0.476 e. The summed E-state index contributed by atoms with van der Waals surface area (Å²) in [7, 11) is 1.23. The minimum atomic E-state index is -1.17. The Labute approximate surface area is 102 Å². The highest BCUT2D eigenvalue weighted by molar-refractivity contribution is 7.98. The molecule has 0 fully saturated rings. The summed E-state index contributed by atoms with van der Waals surface area (Å²) in [5.41, 5.74) is 0.102. The van der Waals surface area contributed by atoms with Gasteiger partial charge in [-0.25, -0.2) is 19.6 Å². The molecular formula is C10H10N2O4S. The lowest BCUT2D eigenvalue weighted by Gasteiger charge is -2.01. The third-order valence-electron chi connectivity index (χ3n) is 1.78. The molecule has 6 nitrogen and oxygen atoms in total. The zero-order valence-electron chi connectivity index (χ0n) is 9.21. The normalized spacial score (nSPS) is 10.5. The Morgan fingerprint density at radius 2 is 2.24 bits per heavy atom. The third kappa shape index (κ3) is 3.56. The van der Waals surface area contributed by atoms with Crippen molar-refractivity contribution in [2.45, 2.75) is 5.16 Å². The zero-order chi connectivity index (χ0) is 12.8. The third-order valence-corrected chi connectivity index (χ3v) is 2.34. The number of carbonyl (C=O) groups is 2. The molecule has 0 spiro atoms. The first-order valence-electron chi connectivity index (χ1n) is 4.48. The minimum Gasteiger partial charge on any atom is -0.476 e. The molecule has 17 heavy (non-hydrogen) atoms. The molecule has 90 valence electrons. The number of carboxylic acid groups (broad SMARTS) is 1. The first-order valence-corrected chi connectivity index (χ1v) is 5.71. The second-order valence-corrected chi connectivity index (χ2v) is 3.60. The highest BCUT2D eigenvalue weighted by atomic mass is 32.2. The molecule has 1 aromatic rings. The maximum atomic E-state index is 11.0. The van der Waals surface area contributed by atoms with Crippen LogP contribution in [0.1, 0.15) is 16.1 Å². The van der Waals surface area contributed by atoms with E-state index in [2.05, 4.69) is 14.7 Å². The summed E-state index contributed by atoms with van der Waals surface area (Å²) in [6.45, 7) is 0. The predicted octanol–water partition coefficient (Wildman–Crippen LogP) is 1.08. The van der Waals surface area contributed by atoms with E-state index in [-0.39, 0.29) is 11.3 Å². The van der Waals surface area contributed by atoms with Gasteiger partial charge in [0.1, 0.15) is 0 Å². The summed E-state index contributed by atoms with van der Waals surface area (Å²) in [6.07, 6.45) is 5.51. The van der Waals surface area contributed by atoms with Crippen LogP contribution in [-0.4, -0.2) is 40.4 Å². The van der Waals surface area contributed by atoms with E-state index in [0.717, 1.165) is 6.08 Å². The summed E-state index contributed by atoms with van der Waals surface area (Å²) < 4.78 is 4.40. The van der Waals surface area contributed by atoms with Crippen LogP contribution in [0.5, 0.6) is 0 Å². The maximum absolute atomic E-state index is 11.0. The van der Waals surface area contributed by atoms with Crippen molar-refractivity contribution >= 4 is 29.8 Å². The number of rotatable bonds is 4. The number of nitrogens with zero attached hydrogens (tertiary/aromatic N) is 2. The molecule has 0 saturated heterocycles. The second-order valence-electron chi connectivity index (χ2n) is 2.82.